The zero-order chi connectivity index (χ0) is 44.4. The van der Waals surface area contributed by atoms with Crippen LogP contribution in [0.25, 0.3) is 22.3 Å². The number of methoxy groups -OCH3 is 1. The van der Waals surface area contributed by atoms with Gasteiger partial charge >= 0.3 is 0 Å². The van der Waals surface area contributed by atoms with Crippen LogP contribution in [0.15, 0.2) is 110 Å². The van der Waals surface area contributed by atoms with E-state index < -0.39 is 11.8 Å². The number of aromatic nitrogens is 10. The summed E-state index contributed by atoms with van der Waals surface area (Å²) in [5.74, 6) is -3.93. The molecule has 0 unspecified atom stereocenters. The minimum Gasteiger partial charge on any atom is -0.504 e. The SMILES string of the molecule is CC(F)(F)c1ccnc(Oc2ccc(CCNc3ncnc4nccnc34)cc2O)c1.COc1cc(CCNc2ncnc3nccnc23)ccc1Oc1cc(C(C)(F)F)ccn1. The van der Waals surface area contributed by atoms with E-state index in [1.807, 2.05) is 12.1 Å². The fourth-order valence-corrected chi connectivity index (χ4v) is 5.96. The third-order valence-corrected chi connectivity index (χ3v) is 9.12. The molecule has 8 rings (SSSR count). The van der Waals surface area contributed by atoms with Crippen molar-refractivity contribution in [3.8, 4) is 34.8 Å². The molecule has 0 aliphatic heterocycles. The number of halogens is 4. The molecule has 0 spiro atoms. The standard InChI is InChI=1S/C22H20F2N6O2.C21H18F2N6O2/c1-22(23,24)15-6-8-25-18(12-15)32-16-4-3-14(11-17(16)31-2)5-7-27-20-19-21(30-13-29-20)28-10-9-26-19;1-21(22,23)14-5-7-24-17(11-14)31-16-3-2-13(10-15(16)30)4-6-26-19-18-20(29-12-28-19)27-9-8-25-18/h3-4,6,8-13H,5,7H2,1-2H3,(H,27,28,29,30);2-3,5,7-12,30H,4,6H2,1H3,(H,26,27,28,29). The third-order valence-electron chi connectivity index (χ3n) is 9.12. The molecule has 0 atom stereocenters. The molecule has 16 nitrogen and oxygen atoms in total. The average molecular weight is 863 g/mol. The topological polar surface area (TPSA) is 201 Å². The van der Waals surface area contributed by atoms with Gasteiger partial charge in [-0.3, -0.25) is 0 Å². The van der Waals surface area contributed by atoms with E-state index in [-0.39, 0.29) is 34.4 Å². The Kier molecular flexibility index (Phi) is 13.2. The number of ether oxygens (including phenoxy) is 3. The summed E-state index contributed by atoms with van der Waals surface area (Å²) >= 11 is 0. The number of benzene rings is 2. The fraction of sp³-hybridized carbons (Fsp3) is 0.209. The van der Waals surface area contributed by atoms with E-state index in [0.717, 1.165) is 31.0 Å². The zero-order valence-corrected chi connectivity index (χ0v) is 33.9. The largest absolute Gasteiger partial charge is 0.504 e. The normalized spacial score (nSPS) is 11.4. The number of phenols is 1. The Bertz CT molecular complexity index is 2820. The molecule has 8 aromatic rings. The summed E-state index contributed by atoms with van der Waals surface area (Å²) in [6, 6.07) is 15.1. The van der Waals surface area contributed by atoms with E-state index in [0.29, 0.717) is 71.4 Å². The predicted molar refractivity (Wildman–Crippen MR) is 224 cm³/mol. The smallest absolute Gasteiger partial charge is 0.270 e. The van der Waals surface area contributed by atoms with Crippen molar-refractivity contribution in [2.45, 2.75) is 38.5 Å². The molecule has 2 aromatic carbocycles. The Morgan fingerprint density at radius 2 is 1.00 bits per heavy atom. The lowest BCUT2D eigenvalue weighted by atomic mass is 10.1. The van der Waals surface area contributed by atoms with Crippen LogP contribution in [-0.4, -0.2) is 75.1 Å². The van der Waals surface area contributed by atoms with E-state index >= 15 is 0 Å². The van der Waals surface area contributed by atoms with Gasteiger partial charge in [0.05, 0.1) is 7.11 Å². The monoisotopic (exact) mass is 862 g/mol. The van der Waals surface area contributed by atoms with Crippen LogP contribution in [0.5, 0.6) is 34.8 Å². The van der Waals surface area contributed by atoms with Gasteiger partial charge in [-0.1, -0.05) is 12.1 Å². The van der Waals surface area contributed by atoms with Crippen molar-refractivity contribution in [2.24, 2.45) is 0 Å². The highest BCUT2D eigenvalue weighted by molar-refractivity contribution is 5.82. The van der Waals surface area contributed by atoms with Gasteiger partial charge in [0, 0.05) is 87.4 Å². The molecule has 0 aliphatic rings. The molecule has 20 heteroatoms. The number of alkyl halides is 4. The minimum absolute atomic E-state index is 0.0273. The molecule has 0 aliphatic carbocycles. The second kappa shape index (κ2) is 19.2. The number of hydrogen-bond acceptors (Lipinski definition) is 16. The highest BCUT2D eigenvalue weighted by Crippen LogP contribution is 2.36. The van der Waals surface area contributed by atoms with Crippen LogP contribution >= 0.6 is 0 Å². The van der Waals surface area contributed by atoms with Gasteiger partial charge in [-0.15, -0.1) is 0 Å². The van der Waals surface area contributed by atoms with Gasteiger partial charge < -0.3 is 30.0 Å². The molecule has 0 saturated heterocycles. The van der Waals surface area contributed by atoms with Crippen LogP contribution in [0.2, 0.25) is 0 Å². The summed E-state index contributed by atoms with van der Waals surface area (Å²) < 4.78 is 70.7. The summed E-state index contributed by atoms with van der Waals surface area (Å²) in [6.45, 7) is 2.73. The fourth-order valence-electron chi connectivity index (χ4n) is 5.96. The van der Waals surface area contributed by atoms with Crippen LogP contribution in [0.4, 0.5) is 29.2 Å². The highest BCUT2D eigenvalue weighted by atomic mass is 19.3. The van der Waals surface area contributed by atoms with Crippen LogP contribution in [-0.2, 0) is 24.7 Å². The first-order chi connectivity index (χ1) is 30.3. The number of aromatic hydroxyl groups is 1. The second-order valence-corrected chi connectivity index (χ2v) is 13.8. The number of nitrogens with zero attached hydrogens (tertiary/aromatic N) is 10. The molecule has 0 bridgehead atoms. The van der Waals surface area contributed by atoms with Crippen LogP contribution in [0, 0.1) is 0 Å². The number of anilines is 2. The number of phenolic OH excluding ortho intramolecular Hbond substituents is 1. The Morgan fingerprint density at radius 1 is 0.524 bits per heavy atom. The number of rotatable bonds is 15. The first-order valence-corrected chi connectivity index (χ1v) is 19.2. The first kappa shape index (κ1) is 43.2. The molecule has 0 amide bonds. The lowest BCUT2D eigenvalue weighted by Crippen LogP contribution is -2.08. The number of nitrogens with one attached hydrogen (secondary N) is 2. The second-order valence-electron chi connectivity index (χ2n) is 13.8. The molecule has 63 heavy (non-hydrogen) atoms. The van der Waals surface area contributed by atoms with Crippen LogP contribution < -0.4 is 24.8 Å². The van der Waals surface area contributed by atoms with Gasteiger partial charge in [0.2, 0.25) is 11.8 Å². The molecule has 6 aromatic heterocycles. The molecule has 6 heterocycles. The maximum absolute atomic E-state index is 13.6. The Labute approximate surface area is 356 Å². The number of pyridine rings is 2. The average Bonchev–Trinajstić information content (AvgIpc) is 3.28. The van der Waals surface area contributed by atoms with E-state index in [2.05, 4.69) is 60.5 Å². The van der Waals surface area contributed by atoms with Crippen molar-refractivity contribution in [2.75, 3.05) is 30.8 Å². The lowest BCUT2D eigenvalue weighted by molar-refractivity contribution is 0.0165. The van der Waals surface area contributed by atoms with Gasteiger partial charge in [-0.25, -0.2) is 67.4 Å². The Balaban J connectivity index is 0.000000189. The quantitative estimate of drug-likeness (QED) is 0.0828. The molecule has 0 fully saturated rings. The van der Waals surface area contributed by atoms with Crippen molar-refractivity contribution in [3.05, 3.63) is 133 Å². The summed E-state index contributed by atoms with van der Waals surface area (Å²) in [4.78, 5) is 41.3. The van der Waals surface area contributed by atoms with Crippen molar-refractivity contribution in [3.63, 3.8) is 0 Å². The molecule has 322 valence electrons. The van der Waals surface area contributed by atoms with Gasteiger partial charge in [0.1, 0.15) is 23.7 Å². The van der Waals surface area contributed by atoms with Crippen molar-refractivity contribution >= 4 is 34.0 Å². The molecule has 3 N–H and O–H groups in total. The highest BCUT2D eigenvalue weighted by Gasteiger charge is 2.26. The minimum atomic E-state index is -3.01. The van der Waals surface area contributed by atoms with Crippen molar-refractivity contribution in [1.82, 2.24) is 49.8 Å². The molecular formula is C43H38F4N12O4. The summed E-state index contributed by atoms with van der Waals surface area (Å²) in [6.07, 6.45) is 12.9. The molecular weight excluding hydrogens is 825 g/mol. The Hall–Kier alpha value is -7.90. The number of fused-ring (bicyclic) bond motifs is 2. The third kappa shape index (κ3) is 11.3. The van der Waals surface area contributed by atoms with E-state index in [1.165, 1.54) is 50.4 Å². The summed E-state index contributed by atoms with van der Waals surface area (Å²) in [5, 5.41) is 16.7. The van der Waals surface area contributed by atoms with Gasteiger partial charge in [0.25, 0.3) is 11.8 Å². The van der Waals surface area contributed by atoms with Crippen LogP contribution in [0.3, 0.4) is 0 Å². The zero-order valence-electron chi connectivity index (χ0n) is 33.9. The van der Waals surface area contributed by atoms with Crippen molar-refractivity contribution in [1.29, 1.82) is 0 Å². The predicted octanol–water partition coefficient (Wildman–Crippen LogP) is 8.46. The maximum atomic E-state index is 13.6. The maximum Gasteiger partial charge on any atom is 0.270 e. The van der Waals surface area contributed by atoms with Gasteiger partial charge in [0.15, 0.2) is 45.9 Å². The van der Waals surface area contributed by atoms with Gasteiger partial charge in [-0.2, -0.15) is 0 Å². The van der Waals surface area contributed by atoms with Gasteiger partial charge in [-0.05, 0) is 60.4 Å². The first-order valence-electron chi connectivity index (χ1n) is 19.2. The summed E-state index contributed by atoms with van der Waals surface area (Å²) in [5.41, 5.74) is 3.61. The summed E-state index contributed by atoms with van der Waals surface area (Å²) in [7, 11) is 1.51. The van der Waals surface area contributed by atoms with Crippen LogP contribution in [0.1, 0.15) is 36.1 Å². The lowest BCUT2D eigenvalue weighted by Gasteiger charge is -2.14. The number of hydrogen-bond donors (Lipinski definition) is 3. The van der Waals surface area contributed by atoms with E-state index in [1.54, 1.807) is 49.1 Å². The Morgan fingerprint density at radius 3 is 1.49 bits per heavy atom. The molecule has 0 saturated carbocycles. The molecule has 0 radical (unpaired) electrons. The van der Waals surface area contributed by atoms with E-state index in [4.69, 9.17) is 14.2 Å². The van der Waals surface area contributed by atoms with E-state index in [9.17, 15) is 22.7 Å². The van der Waals surface area contributed by atoms with Crippen molar-refractivity contribution < 1.29 is 36.9 Å².